The number of nitrogens with one attached hydrogen (secondary N) is 1. The molecule has 4 unspecified atom stereocenters. The fourth-order valence-electron chi connectivity index (χ4n) is 8.67. The molecule has 0 bridgehead atoms. The van der Waals surface area contributed by atoms with E-state index >= 15 is 0 Å². The average Bonchev–Trinajstić information content (AvgIpc) is 3.33. The van der Waals surface area contributed by atoms with Gasteiger partial charge in [0.15, 0.2) is 0 Å². The molecule has 0 saturated carbocycles. The Labute approximate surface area is 423 Å². The molecule has 0 aliphatic carbocycles. The van der Waals surface area contributed by atoms with Crippen molar-refractivity contribution in [1.82, 2.24) is 0 Å². The fourth-order valence-corrected chi connectivity index (χ4v) is 10.9. The van der Waals surface area contributed by atoms with Crippen molar-refractivity contribution in [2.45, 2.75) is 65.5 Å². The van der Waals surface area contributed by atoms with Crippen LogP contribution in [-0.4, -0.2) is 0 Å². The summed E-state index contributed by atoms with van der Waals surface area (Å²) in [7, 11) is 9.24. The van der Waals surface area contributed by atoms with Crippen LogP contribution < -0.4 is 19.7 Å². The summed E-state index contributed by atoms with van der Waals surface area (Å²) in [6.45, 7) is 9.41. The number of benzene rings is 8. The van der Waals surface area contributed by atoms with Crippen molar-refractivity contribution in [3.63, 3.8) is 0 Å². The number of fused-ring (bicyclic) bond motifs is 8. The van der Waals surface area contributed by atoms with E-state index in [-0.39, 0.29) is 25.2 Å². The van der Waals surface area contributed by atoms with Crippen LogP contribution in [0.4, 0.5) is 28.4 Å². The van der Waals surface area contributed by atoms with Crippen LogP contribution in [0.1, 0.15) is 57.4 Å². The first-order valence-corrected chi connectivity index (χ1v) is 32.1. The van der Waals surface area contributed by atoms with Crippen molar-refractivity contribution in [2.24, 2.45) is 0 Å². The molecule has 67 heavy (non-hydrogen) atoms. The lowest BCUT2D eigenvalue weighted by molar-refractivity contribution is 0.454. The highest BCUT2D eigenvalue weighted by molar-refractivity contribution is 9.10. The van der Waals surface area contributed by atoms with Crippen molar-refractivity contribution in [3.05, 3.63) is 209 Å². The Bertz CT molecular complexity index is 2960. The highest BCUT2D eigenvalue weighted by Gasteiger charge is 2.37. The van der Waals surface area contributed by atoms with E-state index in [0.29, 0.717) is 0 Å². The summed E-state index contributed by atoms with van der Waals surface area (Å²) in [6.07, 6.45) is 0. The largest absolute Gasteiger partial charge is 0.455 e. The molecule has 340 valence electrons. The van der Waals surface area contributed by atoms with Crippen LogP contribution in [0.2, 0.25) is 0 Å². The molecule has 0 spiro atoms. The van der Waals surface area contributed by atoms with Crippen LogP contribution >= 0.6 is 81.2 Å². The van der Waals surface area contributed by atoms with Gasteiger partial charge in [-0.15, -0.1) is 26.8 Å². The Morgan fingerprint density at radius 1 is 0.507 bits per heavy atom. The van der Waals surface area contributed by atoms with Gasteiger partial charge in [0.1, 0.15) is 23.0 Å². The van der Waals surface area contributed by atoms with Gasteiger partial charge in [0.05, 0.1) is 31.0 Å². The summed E-state index contributed by atoms with van der Waals surface area (Å²) < 4.78 is 13.1. The van der Waals surface area contributed by atoms with Crippen molar-refractivity contribution < 1.29 is 9.47 Å². The van der Waals surface area contributed by atoms with Crippen molar-refractivity contribution in [1.29, 1.82) is 0 Å². The summed E-state index contributed by atoms with van der Waals surface area (Å²) >= 11 is 6.95. The Hall–Kier alpha value is -3.71. The number of para-hydroxylation sites is 6. The molecule has 0 aromatic heterocycles. The molecule has 4 nitrogen and oxygen atoms in total. The van der Waals surface area contributed by atoms with Crippen LogP contribution in [0.5, 0.6) is 23.0 Å². The number of halogens is 1. The number of nitrogens with zero attached hydrogens (tertiary/aromatic N) is 1. The van der Waals surface area contributed by atoms with E-state index in [1.165, 1.54) is 49.9 Å². The van der Waals surface area contributed by atoms with Gasteiger partial charge in [-0.2, -0.15) is 0 Å². The minimum absolute atomic E-state index is 0. The van der Waals surface area contributed by atoms with Crippen LogP contribution in [-0.2, 0) is 10.8 Å². The summed E-state index contributed by atoms with van der Waals surface area (Å²) in [4.78, 5) is 7.01. The van der Waals surface area contributed by atoms with E-state index in [1.807, 2.05) is 42.5 Å². The maximum atomic E-state index is 6.28. The first-order chi connectivity index (χ1) is 31.9. The van der Waals surface area contributed by atoms with Crippen molar-refractivity contribution in [2.75, 3.05) is 10.2 Å². The van der Waals surface area contributed by atoms with E-state index in [9.17, 15) is 0 Å². The first kappa shape index (κ1) is 49.7. The lowest BCUT2D eigenvalue weighted by Gasteiger charge is -2.42. The molecular weight excluding hydrogens is 1020 g/mol. The molecule has 12 rings (SSSR count). The van der Waals surface area contributed by atoms with Crippen LogP contribution in [0.15, 0.2) is 206 Å². The lowest BCUT2D eigenvalue weighted by atomic mass is 9.73. The number of hydrogen-bond acceptors (Lipinski definition) is 6. The second-order valence-corrected chi connectivity index (χ2v) is 33.9. The third kappa shape index (κ3) is 10.6. The summed E-state index contributed by atoms with van der Waals surface area (Å²) in [5, 5.41) is 3.50. The molecule has 0 saturated heterocycles. The van der Waals surface area contributed by atoms with E-state index in [0.717, 1.165) is 55.8 Å². The van der Waals surface area contributed by atoms with Gasteiger partial charge in [0.2, 0.25) is 0 Å². The van der Waals surface area contributed by atoms with Gasteiger partial charge >= 0.3 is 0 Å². The molecule has 0 radical (unpaired) electrons. The van der Waals surface area contributed by atoms with E-state index in [1.54, 1.807) is 23.5 Å². The number of rotatable bonds is 2. The quantitative estimate of drug-likeness (QED) is 0.174. The zero-order valence-corrected chi connectivity index (χ0v) is 45.5. The average molecular weight is 1070 g/mol. The zero-order valence-electron chi connectivity index (χ0n) is 37.0. The molecule has 8 aromatic rings. The molecule has 12 heteroatoms. The molecule has 0 fully saturated rings. The van der Waals surface area contributed by atoms with Gasteiger partial charge in [-0.05, 0) is 108 Å². The highest BCUT2D eigenvalue weighted by Crippen LogP contribution is 2.71. The van der Waals surface area contributed by atoms with Gasteiger partial charge in [0, 0.05) is 38.4 Å². The Morgan fingerprint density at radius 2 is 0.896 bits per heavy atom. The molecule has 4 aliphatic heterocycles. The Morgan fingerprint density at radius 3 is 1.40 bits per heavy atom. The van der Waals surface area contributed by atoms with Crippen LogP contribution in [0.25, 0.3) is 0 Å². The van der Waals surface area contributed by atoms with Crippen LogP contribution in [0, 0.1) is 0 Å². The van der Waals surface area contributed by atoms with Crippen molar-refractivity contribution >= 4 is 110 Å². The van der Waals surface area contributed by atoms with Crippen LogP contribution in [0.3, 0.4) is 0 Å². The van der Waals surface area contributed by atoms with Crippen molar-refractivity contribution in [3.8, 4) is 23.0 Å². The van der Waals surface area contributed by atoms with E-state index in [2.05, 4.69) is 220 Å². The summed E-state index contributed by atoms with van der Waals surface area (Å²) in [5.74, 6) is 3.70. The van der Waals surface area contributed by atoms with E-state index < -0.39 is 0 Å². The molecular formula is C55H54BrN2O2P5S2. The molecule has 1 N–H and O–H groups in total. The standard InChI is InChI=1S/C27H21NOS.C15H15N.C12H7BrOS.CH4.H7P5/c1-27(2)19-9-3-5-11-21(19)28(22-12-6-4-10-20(22)27)18-15-16-26-24(17-18)29-23-13-7-8-14-25(23)30-26;1-15(2)11-7-3-5-9-13(11)16-14-10-6-4-8-12(14)15;13-8-5-6-12-10(7-8)14-9-3-1-2-4-11(9)15-12;;1-4-5(2)3/h3-17H,1-2H3;3-10,16H,1-2H3;1-7H;1H4;4H,1-3H2. The second-order valence-electron chi connectivity index (χ2n) is 16.9. The Balaban J connectivity index is 0.000000139. The number of ether oxygens (including phenoxy) is 2. The first-order valence-electron chi connectivity index (χ1n) is 21.5. The van der Waals surface area contributed by atoms with Gasteiger partial charge < -0.3 is 19.7 Å². The second kappa shape index (κ2) is 21.5. The normalized spacial score (nSPS) is 14.4. The van der Waals surface area contributed by atoms with Gasteiger partial charge in [0.25, 0.3) is 0 Å². The number of anilines is 5. The third-order valence-corrected chi connectivity index (χ3v) is 26.6. The maximum Gasteiger partial charge on any atom is 0.143 e. The third-order valence-electron chi connectivity index (χ3n) is 11.9. The monoisotopic (exact) mass is 1070 g/mol. The smallest absolute Gasteiger partial charge is 0.143 e. The van der Waals surface area contributed by atoms with Gasteiger partial charge in [-0.1, -0.05) is 180 Å². The molecule has 4 aliphatic rings. The SMILES string of the molecule is Brc1ccc2c(c1)Oc1ccccc1S2.C.CC1(C)c2ccccc2N(c2ccc3c(c2)Oc2ccccc2S3)c2ccccc21.CC1(C)c2ccccc2Nc2ccccc21.PPP(P)P. The maximum absolute atomic E-state index is 6.28. The molecule has 0 amide bonds. The minimum Gasteiger partial charge on any atom is -0.455 e. The molecule has 8 aromatic carbocycles. The Kier molecular flexibility index (Phi) is 16.0. The number of hydrogen-bond donors (Lipinski definition) is 1. The highest BCUT2D eigenvalue weighted by atomic mass is 79.9. The van der Waals surface area contributed by atoms with Gasteiger partial charge in [-0.25, -0.2) is 0 Å². The predicted molar refractivity (Wildman–Crippen MR) is 308 cm³/mol. The topological polar surface area (TPSA) is 33.7 Å². The van der Waals surface area contributed by atoms with Gasteiger partial charge in [-0.3, -0.25) is 0 Å². The van der Waals surface area contributed by atoms with E-state index in [4.69, 9.17) is 9.47 Å². The lowest BCUT2D eigenvalue weighted by Crippen LogP contribution is -2.30. The zero-order chi connectivity index (χ0) is 46.0. The fraction of sp³-hybridized carbons (Fsp3) is 0.127. The molecule has 4 atom stereocenters. The predicted octanol–water partition coefficient (Wildman–Crippen LogP) is 19.9. The molecule has 4 heterocycles. The summed E-state index contributed by atoms with van der Waals surface area (Å²) in [6, 6.07) is 63.5. The minimum atomic E-state index is -0.0524. The summed E-state index contributed by atoms with van der Waals surface area (Å²) in [5.41, 5.74) is 11.5.